The summed E-state index contributed by atoms with van der Waals surface area (Å²) >= 11 is 5.66. The predicted octanol–water partition coefficient (Wildman–Crippen LogP) is 4.67. The maximum atomic E-state index is 3.64. The number of hydrogen-bond acceptors (Lipinski definition) is 1. The first-order valence-corrected chi connectivity index (χ1v) is 6.81. The molecule has 0 nitrogen and oxygen atoms in total. The molecular formula is C12H15BrS. The van der Waals surface area contributed by atoms with Crippen molar-refractivity contribution < 1.29 is 0 Å². The minimum atomic E-state index is 0.724. The Bertz CT molecular complexity index is 371. The smallest absolute Gasteiger partial charge is 0.0210 e. The Labute approximate surface area is 98.6 Å². The Morgan fingerprint density at radius 3 is 2.86 bits per heavy atom. The Kier molecular flexibility index (Phi) is 2.94. The number of halogens is 1. The summed E-state index contributed by atoms with van der Waals surface area (Å²) in [6.07, 6.45) is 1.31. The van der Waals surface area contributed by atoms with Crippen molar-refractivity contribution in [2.75, 3.05) is 5.75 Å². The SMILES string of the molecule is Cc1cc(Br)c(C)c2c1SCCC2C. The third kappa shape index (κ3) is 1.63. The maximum Gasteiger partial charge on any atom is 0.0210 e. The van der Waals surface area contributed by atoms with Crippen LogP contribution in [0.3, 0.4) is 0 Å². The molecule has 1 aromatic rings. The minimum absolute atomic E-state index is 0.724. The molecule has 1 aromatic carbocycles. The largest absolute Gasteiger partial charge is 0.126 e. The van der Waals surface area contributed by atoms with Crippen LogP contribution in [0.25, 0.3) is 0 Å². The van der Waals surface area contributed by atoms with E-state index in [0.717, 1.165) is 5.92 Å². The predicted molar refractivity (Wildman–Crippen MR) is 67.4 cm³/mol. The Morgan fingerprint density at radius 1 is 1.43 bits per heavy atom. The van der Waals surface area contributed by atoms with Crippen LogP contribution in [0.2, 0.25) is 0 Å². The number of rotatable bonds is 0. The van der Waals surface area contributed by atoms with Crippen LogP contribution in [-0.4, -0.2) is 5.75 Å². The van der Waals surface area contributed by atoms with Gasteiger partial charge in [-0.3, -0.25) is 0 Å². The van der Waals surface area contributed by atoms with Crippen LogP contribution < -0.4 is 0 Å². The van der Waals surface area contributed by atoms with Crippen molar-refractivity contribution in [3.05, 3.63) is 27.2 Å². The molecule has 2 heteroatoms. The third-order valence-corrected chi connectivity index (χ3v) is 5.09. The summed E-state index contributed by atoms with van der Waals surface area (Å²) in [5.41, 5.74) is 4.44. The summed E-state index contributed by atoms with van der Waals surface area (Å²) in [6, 6.07) is 2.25. The van der Waals surface area contributed by atoms with E-state index < -0.39 is 0 Å². The molecule has 1 aliphatic rings. The molecule has 1 atom stereocenters. The molecule has 0 radical (unpaired) electrons. The van der Waals surface area contributed by atoms with Gasteiger partial charge in [-0.05, 0) is 54.7 Å². The zero-order valence-electron chi connectivity index (χ0n) is 8.86. The molecule has 1 heterocycles. The molecule has 0 saturated carbocycles. The van der Waals surface area contributed by atoms with Crippen LogP contribution in [0, 0.1) is 13.8 Å². The molecule has 0 spiro atoms. The number of thioether (sulfide) groups is 1. The number of benzene rings is 1. The van der Waals surface area contributed by atoms with Gasteiger partial charge in [-0.1, -0.05) is 22.9 Å². The van der Waals surface area contributed by atoms with Crippen molar-refractivity contribution in [3.8, 4) is 0 Å². The Balaban J connectivity index is 2.67. The van der Waals surface area contributed by atoms with Gasteiger partial charge in [-0.2, -0.15) is 0 Å². The average Bonchev–Trinajstić information content (AvgIpc) is 2.14. The van der Waals surface area contributed by atoms with Crippen LogP contribution in [0.1, 0.15) is 36.0 Å². The Hall–Kier alpha value is 0.0500. The van der Waals surface area contributed by atoms with Gasteiger partial charge in [0.25, 0.3) is 0 Å². The standard InChI is InChI=1S/C12H15BrS/c1-7-4-5-14-12-8(2)6-10(13)9(3)11(7)12/h6-7H,4-5H2,1-3H3. The average molecular weight is 271 g/mol. The van der Waals surface area contributed by atoms with Crippen molar-refractivity contribution in [1.82, 2.24) is 0 Å². The summed E-state index contributed by atoms with van der Waals surface area (Å²) in [5.74, 6) is 2.00. The second-order valence-corrected chi connectivity index (χ2v) is 6.04. The van der Waals surface area contributed by atoms with Crippen LogP contribution in [0.4, 0.5) is 0 Å². The van der Waals surface area contributed by atoms with Gasteiger partial charge in [0.2, 0.25) is 0 Å². The summed E-state index contributed by atoms with van der Waals surface area (Å²) < 4.78 is 1.27. The van der Waals surface area contributed by atoms with Crippen molar-refractivity contribution in [2.24, 2.45) is 0 Å². The highest BCUT2D eigenvalue weighted by Crippen LogP contribution is 2.43. The second-order valence-electron chi connectivity index (χ2n) is 4.08. The summed E-state index contributed by atoms with van der Waals surface area (Å²) in [7, 11) is 0. The van der Waals surface area contributed by atoms with Crippen molar-refractivity contribution in [3.63, 3.8) is 0 Å². The molecule has 0 aromatic heterocycles. The first kappa shape index (κ1) is 10.6. The third-order valence-electron chi connectivity index (χ3n) is 3.00. The zero-order valence-corrected chi connectivity index (χ0v) is 11.3. The fraction of sp³-hybridized carbons (Fsp3) is 0.500. The number of aryl methyl sites for hydroxylation is 1. The molecule has 76 valence electrons. The van der Waals surface area contributed by atoms with Crippen LogP contribution in [-0.2, 0) is 0 Å². The molecule has 0 fully saturated rings. The number of hydrogen-bond donors (Lipinski definition) is 0. The van der Waals surface area contributed by atoms with E-state index in [1.807, 2.05) is 11.8 Å². The lowest BCUT2D eigenvalue weighted by Crippen LogP contribution is -2.08. The van der Waals surface area contributed by atoms with E-state index in [0.29, 0.717) is 0 Å². The van der Waals surface area contributed by atoms with Crippen LogP contribution in [0.15, 0.2) is 15.4 Å². The van der Waals surface area contributed by atoms with Crippen molar-refractivity contribution >= 4 is 27.7 Å². The van der Waals surface area contributed by atoms with E-state index in [-0.39, 0.29) is 0 Å². The van der Waals surface area contributed by atoms with Gasteiger partial charge >= 0.3 is 0 Å². The van der Waals surface area contributed by atoms with Crippen LogP contribution in [0.5, 0.6) is 0 Å². The van der Waals surface area contributed by atoms with Gasteiger partial charge in [0, 0.05) is 9.37 Å². The quantitative estimate of drug-likeness (QED) is 0.661. The molecule has 0 bridgehead atoms. The lowest BCUT2D eigenvalue weighted by Gasteiger charge is -2.26. The first-order chi connectivity index (χ1) is 6.61. The first-order valence-electron chi connectivity index (χ1n) is 5.03. The van der Waals surface area contributed by atoms with E-state index in [2.05, 4.69) is 42.8 Å². The lowest BCUT2D eigenvalue weighted by atomic mass is 9.92. The van der Waals surface area contributed by atoms with Gasteiger partial charge in [-0.25, -0.2) is 0 Å². The van der Waals surface area contributed by atoms with Gasteiger partial charge in [-0.15, -0.1) is 11.8 Å². The number of fused-ring (bicyclic) bond motifs is 1. The van der Waals surface area contributed by atoms with Crippen molar-refractivity contribution in [2.45, 2.75) is 38.0 Å². The molecule has 0 aliphatic carbocycles. The molecule has 1 aliphatic heterocycles. The molecular weight excluding hydrogens is 256 g/mol. The monoisotopic (exact) mass is 270 g/mol. The highest BCUT2D eigenvalue weighted by Gasteiger charge is 2.21. The molecule has 0 N–H and O–H groups in total. The molecule has 14 heavy (non-hydrogen) atoms. The summed E-state index contributed by atoms with van der Waals surface area (Å²) in [4.78, 5) is 1.53. The molecule has 0 saturated heterocycles. The van der Waals surface area contributed by atoms with Gasteiger partial charge < -0.3 is 0 Å². The Morgan fingerprint density at radius 2 is 2.14 bits per heavy atom. The lowest BCUT2D eigenvalue weighted by molar-refractivity contribution is 0.703. The highest BCUT2D eigenvalue weighted by atomic mass is 79.9. The van der Waals surface area contributed by atoms with Gasteiger partial charge in [0.05, 0.1) is 0 Å². The molecule has 2 rings (SSSR count). The zero-order chi connectivity index (χ0) is 10.3. The van der Waals surface area contributed by atoms with Gasteiger partial charge in [0.1, 0.15) is 0 Å². The minimum Gasteiger partial charge on any atom is -0.126 e. The normalized spacial score (nSPS) is 20.7. The van der Waals surface area contributed by atoms with Crippen molar-refractivity contribution in [1.29, 1.82) is 0 Å². The molecule has 1 unspecified atom stereocenters. The maximum absolute atomic E-state index is 3.64. The summed E-state index contributed by atoms with van der Waals surface area (Å²) in [5, 5.41) is 0. The van der Waals surface area contributed by atoms with Crippen LogP contribution >= 0.6 is 27.7 Å². The van der Waals surface area contributed by atoms with E-state index in [4.69, 9.17) is 0 Å². The van der Waals surface area contributed by atoms with E-state index in [1.54, 1.807) is 5.56 Å². The fourth-order valence-corrected chi connectivity index (χ4v) is 4.17. The van der Waals surface area contributed by atoms with E-state index in [9.17, 15) is 0 Å². The van der Waals surface area contributed by atoms with E-state index >= 15 is 0 Å². The van der Waals surface area contributed by atoms with Gasteiger partial charge in [0.15, 0.2) is 0 Å². The topological polar surface area (TPSA) is 0 Å². The fourth-order valence-electron chi connectivity index (χ4n) is 2.14. The molecule has 0 amide bonds. The highest BCUT2D eigenvalue weighted by molar-refractivity contribution is 9.10. The second kappa shape index (κ2) is 3.90. The van der Waals surface area contributed by atoms with E-state index in [1.165, 1.54) is 32.7 Å². The summed E-state index contributed by atoms with van der Waals surface area (Å²) in [6.45, 7) is 6.79.